The minimum absolute atomic E-state index is 0.0618. The molecule has 1 saturated heterocycles. The number of phenols is 1. The molecule has 4 nitrogen and oxygen atoms in total. The Hall–Kier alpha value is -1.52. The first-order valence-corrected chi connectivity index (χ1v) is 8.04. The maximum absolute atomic E-state index is 12.1. The Kier molecular flexibility index (Phi) is 5.86. The Morgan fingerprint density at radius 2 is 2.18 bits per heavy atom. The van der Waals surface area contributed by atoms with E-state index in [9.17, 15) is 9.90 Å². The van der Waals surface area contributed by atoms with Crippen molar-refractivity contribution >= 4 is 23.5 Å². The lowest BCUT2D eigenvalue weighted by molar-refractivity contribution is -0.117. The Morgan fingerprint density at radius 3 is 2.86 bits per heavy atom. The zero-order valence-corrected chi connectivity index (χ0v) is 13.8. The molecule has 0 radical (unpaired) electrons. The van der Waals surface area contributed by atoms with E-state index in [4.69, 9.17) is 16.3 Å². The molecule has 22 heavy (non-hydrogen) atoms. The second kappa shape index (κ2) is 7.65. The molecule has 0 unspecified atom stereocenters. The molecule has 1 aromatic rings. The van der Waals surface area contributed by atoms with Gasteiger partial charge in [0.05, 0.1) is 11.6 Å². The monoisotopic (exact) mass is 323 g/mol. The SMILES string of the molecule is CCCN1CCC(=O)/C(=C/c2cc(Cl)c(O)c(OCC)c2)C1. The Balaban J connectivity index is 2.28. The highest BCUT2D eigenvalue weighted by atomic mass is 35.5. The Morgan fingerprint density at radius 1 is 1.41 bits per heavy atom. The van der Waals surface area contributed by atoms with Gasteiger partial charge in [-0.1, -0.05) is 18.5 Å². The number of piperidine rings is 1. The fraction of sp³-hybridized carbons (Fsp3) is 0.471. The topological polar surface area (TPSA) is 49.8 Å². The summed E-state index contributed by atoms with van der Waals surface area (Å²) in [4.78, 5) is 14.4. The summed E-state index contributed by atoms with van der Waals surface area (Å²) in [6.45, 7) is 6.89. The lowest BCUT2D eigenvalue weighted by Crippen LogP contribution is -2.36. The number of hydrogen-bond donors (Lipinski definition) is 1. The molecule has 2 rings (SSSR count). The number of carbonyl (C=O) groups is 1. The number of Topliss-reactive ketones (excluding diaryl/α,β-unsaturated/α-hetero) is 1. The summed E-state index contributed by atoms with van der Waals surface area (Å²) in [5.74, 6) is 0.457. The number of aromatic hydroxyl groups is 1. The third-order valence-corrected chi connectivity index (χ3v) is 3.93. The van der Waals surface area contributed by atoms with E-state index in [1.807, 2.05) is 13.0 Å². The van der Waals surface area contributed by atoms with Crippen molar-refractivity contribution in [1.82, 2.24) is 4.90 Å². The first-order chi connectivity index (χ1) is 10.5. The van der Waals surface area contributed by atoms with Crippen LogP contribution in [0.15, 0.2) is 17.7 Å². The number of carbonyl (C=O) groups excluding carboxylic acids is 1. The van der Waals surface area contributed by atoms with Gasteiger partial charge in [-0.2, -0.15) is 0 Å². The largest absolute Gasteiger partial charge is 0.503 e. The van der Waals surface area contributed by atoms with Crippen molar-refractivity contribution in [2.75, 3.05) is 26.2 Å². The molecule has 0 bridgehead atoms. The van der Waals surface area contributed by atoms with Gasteiger partial charge in [-0.15, -0.1) is 0 Å². The van der Waals surface area contributed by atoms with E-state index in [-0.39, 0.29) is 16.6 Å². The average Bonchev–Trinajstić information content (AvgIpc) is 2.48. The molecule has 1 fully saturated rings. The predicted molar refractivity (Wildman–Crippen MR) is 88.6 cm³/mol. The zero-order valence-electron chi connectivity index (χ0n) is 13.1. The van der Waals surface area contributed by atoms with Gasteiger partial charge < -0.3 is 9.84 Å². The highest BCUT2D eigenvalue weighted by Crippen LogP contribution is 2.36. The summed E-state index contributed by atoms with van der Waals surface area (Å²) in [5, 5.41) is 10.1. The number of rotatable bonds is 5. The van der Waals surface area contributed by atoms with Crippen LogP contribution in [0.2, 0.25) is 5.02 Å². The van der Waals surface area contributed by atoms with Gasteiger partial charge in [-0.25, -0.2) is 0 Å². The molecule has 0 aliphatic carbocycles. The van der Waals surface area contributed by atoms with Crippen molar-refractivity contribution in [3.05, 3.63) is 28.3 Å². The maximum Gasteiger partial charge on any atom is 0.176 e. The van der Waals surface area contributed by atoms with Crippen LogP contribution in [0.3, 0.4) is 0 Å². The molecule has 0 amide bonds. The summed E-state index contributed by atoms with van der Waals surface area (Å²) in [6, 6.07) is 3.36. The van der Waals surface area contributed by atoms with Gasteiger partial charge in [0.15, 0.2) is 17.3 Å². The van der Waals surface area contributed by atoms with E-state index in [0.717, 1.165) is 30.6 Å². The number of phenolic OH excluding ortho intramolecular Hbond substituents is 1. The maximum atomic E-state index is 12.1. The summed E-state index contributed by atoms with van der Waals surface area (Å²) in [7, 11) is 0. The van der Waals surface area contributed by atoms with E-state index in [1.165, 1.54) is 0 Å². The van der Waals surface area contributed by atoms with Crippen LogP contribution in [0.1, 0.15) is 32.3 Å². The predicted octanol–water partition coefficient (Wildman–Crippen LogP) is 3.51. The van der Waals surface area contributed by atoms with Gasteiger partial charge in [-0.3, -0.25) is 9.69 Å². The van der Waals surface area contributed by atoms with Crippen molar-refractivity contribution in [3.8, 4) is 11.5 Å². The smallest absolute Gasteiger partial charge is 0.176 e. The average molecular weight is 324 g/mol. The van der Waals surface area contributed by atoms with Crippen LogP contribution >= 0.6 is 11.6 Å². The molecule has 1 aliphatic heterocycles. The van der Waals surface area contributed by atoms with Crippen LogP contribution < -0.4 is 4.74 Å². The van der Waals surface area contributed by atoms with Crippen molar-refractivity contribution in [3.63, 3.8) is 0 Å². The quantitative estimate of drug-likeness (QED) is 0.842. The second-order valence-electron chi connectivity index (χ2n) is 5.40. The number of likely N-dealkylation sites (tertiary alicyclic amines) is 1. The van der Waals surface area contributed by atoms with Crippen molar-refractivity contribution in [2.45, 2.75) is 26.7 Å². The van der Waals surface area contributed by atoms with Gasteiger partial charge in [0.25, 0.3) is 0 Å². The number of halogens is 1. The number of hydrogen-bond acceptors (Lipinski definition) is 4. The van der Waals surface area contributed by atoms with E-state index in [0.29, 0.717) is 25.3 Å². The first kappa shape index (κ1) is 16.8. The molecule has 0 atom stereocenters. The van der Waals surface area contributed by atoms with Gasteiger partial charge in [0, 0.05) is 25.1 Å². The van der Waals surface area contributed by atoms with E-state index >= 15 is 0 Å². The molecule has 0 aromatic heterocycles. The van der Waals surface area contributed by atoms with Gasteiger partial charge in [0.1, 0.15) is 0 Å². The molecule has 1 heterocycles. The standard InChI is InChI=1S/C17H22ClNO3/c1-3-6-19-7-5-15(20)13(11-19)8-12-9-14(18)17(21)16(10-12)22-4-2/h8-10,21H,3-7,11H2,1-2H3/b13-8+. The minimum Gasteiger partial charge on any atom is -0.503 e. The molecule has 120 valence electrons. The fourth-order valence-electron chi connectivity index (χ4n) is 2.61. The van der Waals surface area contributed by atoms with Crippen molar-refractivity contribution < 1.29 is 14.6 Å². The molecule has 0 saturated carbocycles. The highest BCUT2D eigenvalue weighted by molar-refractivity contribution is 6.32. The van der Waals surface area contributed by atoms with Crippen LogP contribution in [0.25, 0.3) is 6.08 Å². The molecule has 0 spiro atoms. The van der Waals surface area contributed by atoms with E-state index < -0.39 is 0 Å². The van der Waals surface area contributed by atoms with Crippen LogP contribution in [0, 0.1) is 0 Å². The molecule has 1 aliphatic rings. The van der Waals surface area contributed by atoms with Gasteiger partial charge >= 0.3 is 0 Å². The first-order valence-electron chi connectivity index (χ1n) is 7.66. The highest BCUT2D eigenvalue weighted by Gasteiger charge is 2.21. The van der Waals surface area contributed by atoms with Crippen molar-refractivity contribution in [2.24, 2.45) is 0 Å². The number of ether oxygens (including phenoxy) is 1. The van der Waals surface area contributed by atoms with Crippen molar-refractivity contribution in [1.29, 1.82) is 0 Å². The Bertz CT molecular complexity index is 584. The normalized spacial score (nSPS) is 18.0. The molecule has 1 N–H and O–H groups in total. The van der Waals surface area contributed by atoms with Crippen LogP contribution in [-0.4, -0.2) is 42.0 Å². The lowest BCUT2D eigenvalue weighted by atomic mass is 10.00. The third kappa shape index (κ3) is 4.02. The molecular formula is C17H22ClNO3. The van der Waals surface area contributed by atoms with E-state index in [2.05, 4.69) is 11.8 Å². The molecular weight excluding hydrogens is 302 g/mol. The zero-order chi connectivity index (χ0) is 16.1. The lowest BCUT2D eigenvalue weighted by Gasteiger charge is -2.27. The summed E-state index contributed by atoms with van der Waals surface area (Å²) >= 11 is 6.03. The second-order valence-corrected chi connectivity index (χ2v) is 5.81. The van der Waals surface area contributed by atoms with Crippen LogP contribution in [0.4, 0.5) is 0 Å². The van der Waals surface area contributed by atoms with Crippen LogP contribution in [0.5, 0.6) is 11.5 Å². The fourth-order valence-corrected chi connectivity index (χ4v) is 2.82. The van der Waals surface area contributed by atoms with Gasteiger partial charge in [-0.05, 0) is 43.7 Å². The number of nitrogens with zero attached hydrogens (tertiary/aromatic N) is 1. The summed E-state index contributed by atoms with van der Waals surface area (Å²) in [5.41, 5.74) is 1.55. The third-order valence-electron chi connectivity index (χ3n) is 3.64. The number of ketones is 1. The molecule has 5 heteroatoms. The number of benzene rings is 1. The Labute approximate surface area is 136 Å². The minimum atomic E-state index is -0.0618. The van der Waals surface area contributed by atoms with Gasteiger partial charge in [0.2, 0.25) is 0 Å². The summed E-state index contributed by atoms with van der Waals surface area (Å²) < 4.78 is 5.37. The molecule has 1 aromatic carbocycles. The van der Waals surface area contributed by atoms with Crippen LogP contribution in [-0.2, 0) is 4.79 Å². The van der Waals surface area contributed by atoms with E-state index in [1.54, 1.807) is 12.1 Å². The summed E-state index contributed by atoms with van der Waals surface area (Å²) in [6.07, 6.45) is 3.47.